The van der Waals surface area contributed by atoms with Gasteiger partial charge in [0.1, 0.15) is 5.54 Å². The predicted octanol–water partition coefficient (Wildman–Crippen LogP) is 1.97. The van der Waals surface area contributed by atoms with Gasteiger partial charge in [-0.3, -0.25) is 0 Å². The molecule has 0 aromatic rings. The van der Waals surface area contributed by atoms with Gasteiger partial charge in [0.15, 0.2) is 0 Å². The van der Waals surface area contributed by atoms with Crippen LogP contribution in [-0.2, 0) is 4.79 Å². The van der Waals surface area contributed by atoms with Crippen LogP contribution >= 0.6 is 0 Å². The Kier molecular flexibility index (Phi) is 5.99. The van der Waals surface area contributed by atoms with Crippen LogP contribution in [0.25, 0.3) is 0 Å². The van der Waals surface area contributed by atoms with Crippen molar-refractivity contribution < 1.29 is 14.7 Å². The van der Waals surface area contributed by atoms with Crippen molar-refractivity contribution in [1.82, 2.24) is 10.6 Å². The van der Waals surface area contributed by atoms with Crippen LogP contribution in [0.3, 0.4) is 0 Å². The lowest BCUT2D eigenvalue weighted by Gasteiger charge is -2.24. The highest BCUT2D eigenvalue weighted by Gasteiger charge is 2.29. The number of nitrogens with one attached hydrogen (secondary N) is 2. The maximum atomic E-state index is 11.6. The summed E-state index contributed by atoms with van der Waals surface area (Å²) < 4.78 is 0. The van der Waals surface area contributed by atoms with Crippen LogP contribution in [0.4, 0.5) is 4.79 Å². The van der Waals surface area contributed by atoms with Gasteiger partial charge < -0.3 is 15.7 Å². The number of urea groups is 1. The summed E-state index contributed by atoms with van der Waals surface area (Å²) in [4.78, 5) is 22.4. The van der Waals surface area contributed by atoms with E-state index in [1.54, 1.807) is 0 Å². The zero-order valence-corrected chi connectivity index (χ0v) is 11.3. The molecule has 0 aromatic carbocycles. The topological polar surface area (TPSA) is 78.4 Å². The van der Waals surface area contributed by atoms with Crippen molar-refractivity contribution in [3.05, 3.63) is 0 Å². The summed E-state index contributed by atoms with van der Waals surface area (Å²) in [6, 6.07) is -0.400. The minimum absolute atomic E-state index is 0.0366. The van der Waals surface area contributed by atoms with Crippen molar-refractivity contribution in [2.75, 3.05) is 0 Å². The van der Waals surface area contributed by atoms with Crippen molar-refractivity contribution >= 4 is 12.0 Å². The van der Waals surface area contributed by atoms with E-state index in [4.69, 9.17) is 5.11 Å². The van der Waals surface area contributed by atoms with E-state index in [9.17, 15) is 9.59 Å². The Labute approximate surface area is 103 Å². The first-order valence-electron chi connectivity index (χ1n) is 6.01. The van der Waals surface area contributed by atoms with Gasteiger partial charge in [-0.1, -0.05) is 20.3 Å². The molecule has 100 valence electrons. The fourth-order valence-corrected chi connectivity index (χ4v) is 1.43. The van der Waals surface area contributed by atoms with Crippen LogP contribution in [0.5, 0.6) is 0 Å². The second-order valence-electron chi connectivity index (χ2n) is 5.18. The number of carboxylic acids is 1. The van der Waals surface area contributed by atoms with Gasteiger partial charge in [-0.05, 0) is 33.1 Å². The summed E-state index contributed by atoms with van der Waals surface area (Å²) in [5.74, 6) is -0.514. The van der Waals surface area contributed by atoms with E-state index in [-0.39, 0.29) is 6.04 Å². The Morgan fingerprint density at radius 3 is 2.24 bits per heavy atom. The molecule has 2 atom stereocenters. The van der Waals surface area contributed by atoms with Gasteiger partial charge in [0.2, 0.25) is 0 Å². The predicted molar refractivity (Wildman–Crippen MR) is 66.9 cm³/mol. The fraction of sp³-hybridized carbons (Fsp3) is 0.833. The standard InChI is InChI=1S/C12H24N2O3/c1-6-8(2)7-9(3)13-11(17)14-12(4,5)10(15)16/h8-9H,6-7H2,1-5H3,(H,15,16)(H2,13,14,17). The summed E-state index contributed by atoms with van der Waals surface area (Å²) in [6.45, 7) is 9.05. The smallest absolute Gasteiger partial charge is 0.328 e. The molecule has 0 aliphatic rings. The minimum Gasteiger partial charge on any atom is -0.480 e. The maximum absolute atomic E-state index is 11.6. The van der Waals surface area contributed by atoms with E-state index in [1.165, 1.54) is 13.8 Å². The third kappa shape index (κ3) is 6.14. The number of rotatable bonds is 6. The first kappa shape index (κ1) is 15.7. The second kappa shape index (κ2) is 6.47. The lowest BCUT2D eigenvalue weighted by atomic mass is 10.0. The van der Waals surface area contributed by atoms with E-state index in [1.807, 2.05) is 6.92 Å². The molecule has 5 heteroatoms. The summed E-state index contributed by atoms with van der Waals surface area (Å²) in [7, 11) is 0. The molecule has 0 saturated heterocycles. The van der Waals surface area contributed by atoms with Crippen molar-refractivity contribution in [3.63, 3.8) is 0 Å². The summed E-state index contributed by atoms with van der Waals surface area (Å²) in [5, 5.41) is 14.0. The van der Waals surface area contributed by atoms with Crippen LogP contribution in [0.15, 0.2) is 0 Å². The highest BCUT2D eigenvalue weighted by Crippen LogP contribution is 2.09. The SMILES string of the molecule is CCC(C)CC(C)NC(=O)NC(C)(C)C(=O)O. The fourth-order valence-electron chi connectivity index (χ4n) is 1.43. The monoisotopic (exact) mass is 244 g/mol. The Morgan fingerprint density at radius 2 is 1.82 bits per heavy atom. The molecule has 2 unspecified atom stereocenters. The second-order valence-corrected chi connectivity index (χ2v) is 5.18. The van der Waals surface area contributed by atoms with E-state index in [2.05, 4.69) is 24.5 Å². The molecule has 2 amide bonds. The number of carbonyl (C=O) groups excluding carboxylic acids is 1. The average Bonchev–Trinajstić information content (AvgIpc) is 2.15. The Hall–Kier alpha value is -1.26. The van der Waals surface area contributed by atoms with Crippen LogP contribution in [0, 0.1) is 5.92 Å². The van der Waals surface area contributed by atoms with Gasteiger partial charge in [-0.25, -0.2) is 9.59 Å². The normalized spacial score (nSPS) is 14.9. The first-order valence-corrected chi connectivity index (χ1v) is 6.01. The molecule has 0 spiro atoms. The van der Waals surface area contributed by atoms with Gasteiger partial charge in [0, 0.05) is 6.04 Å². The molecule has 5 nitrogen and oxygen atoms in total. The quantitative estimate of drug-likeness (QED) is 0.668. The first-order chi connectivity index (χ1) is 7.69. The van der Waals surface area contributed by atoms with E-state index in [0.717, 1.165) is 12.8 Å². The van der Waals surface area contributed by atoms with Crippen molar-refractivity contribution in [3.8, 4) is 0 Å². The third-order valence-electron chi connectivity index (χ3n) is 2.79. The number of hydrogen-bond donors (Lipinski definition) is 3. The number of carboxylic acid groups (broad SMARTS) is 1. The van der Waals surface area contributed by atoms with Crippen molar-refractivity contribution in [2.45, 2.75) is 59.0 Å². The van der Waals surface area contributed by atoms with E-state index in [0.29, 0.717) is 5.92 Å². The number of amides is 2. The molecule has 0 aliphatic heterocycles. The van der Waals surface area contributed by atoms with Gasteiger partial charge in [0.05, 0.1) is 0 Å². The molecule has 0 rings (SSSR count). The van der Waals surface area contributed by atoms with E-state index < -0.39 is 17.5 Å². The Morgan fingerprint density at radius 1 is 1.29 bits per heavy atom. The van der Waals surface area contributed by atoms with Crippen LogP contribution < -0.4 is 10.6 Å². The molecule has 0 bridgehead atoms. The zero-order valence-electron chi connectivity index (χ0n) is 11.3. The molecular weight excluding hydrogens is 220 g/mol. The Bertz CT molecular complexity index is 277. The molecule has 0 heterocycles. The highest BCUT2D eigenvalue weighted by atomic mass is 16.4. The molecule has 0 aromatic heterocycles. The highest BCUT2D eigenvalue weighted by molar-refractivity contribution is 5.85. The summed E-state index contributed by atoms with van der Waals surface area (Å²) in [5.41, 5.74) is -1.25. The van der Waals surface area contributed by atoms with Crippen LogP contribution in [0.1, 0.15) is 47.5 Å². The third-order valence-corrected chi connectivity index (χ3v) is 2.79. The number of carbonyl (C=O) groups is 2. The molecule has 0 radical (unpaired) electrons. The van der Waals surface area contributed by atoms with Crippen molar-refractivity contribution in [2.24, 2.45) is 5.92 Å². The molecule has 0 saturated carbocycles. The average molecular weight is 244 g/mol. The molecular formula is C12H24N2O3. The lowest BCUT2D eigenvalue weighted by molar-refractivity contribution is -0.142. The van der Waals surface area contributed by atoms with E-state index >= 15 is 0 Å². The lowest BCUT2D eigenvalue weighted by Crippen LogP contribution is -2.54. The Balaban J connectivity index is 4.14. The molecule has 0 fully saturated rings. The zero-order chi connectivity index (χ0) is 13.6. The largest absolute Gasteiger partial charge is 0.480 e. The van der Waals surface area contributed by atoms with Crippen LogP contribution in [0.2, 0.25) is 0 Å². The minimum atomic E-state index is -1.25. The summed E-state index contributed by atoms with van der Waals surface area (Å²) >= 11 is 0. The van der Waals surface area contributed by atoms with Gasteiger partial charge in [0.25, 0.3) is 0 Å². The van der Waals surface area contributed by atoms with Gasteiger partial charge in [-0.2, -0.15) is 0 Å². The van der Waals surface area contributed by atoms with Gasteiger partial charge >= 0.3 is 12.0 Å². The van der Waals surface area contributed by atoms with Crippen molar-refractivity contribution in [1.29, 1.82) is 0 Å². The summed E-state index contributed by atoms with van der Waals surface area (Å²) in [6.07, 6.45) is 1.95. The number of hydrogen-bond acceptors (Lipinski definition) is 2. The molecule has 0 aliphatic carbocycles. The number of aliphatic carboxylic acids is 1. The van der Waals surface area contributed by atoms with Gasteiger partial charge in [-0.15, -0.1) is 0 Å². The molecule has 3 N–H and O–H groups in total. The maximum Gasteiger partial charge on any atom is 0.328 e. The molecule has 17 heavy (non-hydrogen) atoms. The van der Waals surface area contributed by atoms with Crippen LogP contribution in [-0.4, -0.2) is 28.7 Å².